The van der Waals surface area contributed by atoms with Gasteiger partial charge in [-0.05, 0) is 42.4 Å². The van der Waals surface area contributed by atoms with Crippen LogP contribution in [-0.2, 0) is 0 Å². The molecule has 4 heteroatoms. The summed E-state index contributed by atoms with van der Waals surface area (Å²) in [5.41, 5.74) is 3.35. The average Bonchev–Trinajstić information content (AvgIpc) is 2.84. The second kappa shape index (κ2) is 5.66. The van der Waals surface area contributed by atoms with Crippen LogP contribution in [-0.4, -0.2) is 9.78 Å². The highest BCUT2D eigenvalue weighted by molar-refractivity contribution is 6.37. The zero-order valence-electron chi connectivity index (χ0n) is 12.6. The van der Waals surface area contributed by atoms with Crippen LogP contribution in [0.15, 0.2) is 24.4 Å². The van der Waals surface area contributed by atoms with Crippen molar-refractivity contribution in [2.24, 2.45) is 5.92 Å². The highest BCUT2D eigenvalue weighted by atomic mass is 35.5. The Morgan fingerprint density at radius 3 is 2.48 bits per heavy atom. The first-order chi connectivity index (χ1) is 9.99. The molecule has 2 aromatic rings. The van der Waals surface area contributed by atoms with Crippen LogP contribution >= 0.6 is 23.2 Å². The second-order valence-corrected chi connectivity index (χ2v) is 7.13. The number of halogens is 2. The zero-order valence-corrected chi connectivity index (χ0v) is 14.1. The number of rotatable bonds is 2. The Balaban J connectivity index is 2.13. The summed E-state index contributed by atoms with van der Waals surface area (Å²) in [4.78, 5) is 0. The van der Waals surface area contributed by atoms with Crippen molar-refractivity contribution in [1.82, 2.24) is 9.78 Å². The largest absolute Gasteiger partial charge is 0.237 e. The molecule has 0 radical (unpaired) electrons. The van der Waals surface area contributed by atoms with Gasteiger partial charge in [0.1, 0.15) is 5.69 Å². The van der Waals surface area contributed by atoms with E-state index in [1.165, 1.54) is 24.1 Å². The van der Waals surface area contributed by atoms with E-state index in [4.69, 9.17) is 28.3 Å². The number of para-hydroxylation sites is 1. The minimum atomic E-state index is 0.527. The minimum absolute atomic E-state index is 0.527. The van der Waals surface area contributed by atoms with Gasteiger partial charge in [-0.3, -0.25) is 0 Å². The van der Waals surface area contributed by atoms with Gasteiger partial charge in [-0.2, -0.15) is 5.10 Å². The van der Waals surface area contributed by atoms with Crippen molar-refractivity contribution in [2.45, 2.75) is 45.4 Å². The molecule has 1 aromatic carbocycles. The van der Waals surface area contributed by atoms with Crippen LogP contribution in [0.25, 0.3) is 5.69 Å². The third-order valence-electron chi connectivity index (χ3n) is 4.54. The van der Waals surface area contributed by atoms with Crippen LogP contribution in [0.5, 0.6) is 0 Å². The van der Waals surface area contributed by atoms with Crippen LogP contribution in [0.1, 0.15) is 56.7 Å². The maximum atomic E-state index is 6.32. The predicted octanol–water partition coefficient (Wildman–Crippen LogP) is 5.82. The summed E-state index contributed by atoms with van der Waals surface area (Å²) in [7, 11) is 0. The molecular weight excluding hydrogens is 303 g/mol. The van der Waals surface area contributed by atoms with Gasteiger partial charge in [-0.15, -0.1) is 0 Å². The Morgan fingerprint density at radius 1 is 1.19 bits per heavy atom. The van der Waals surface area contributed by atoms with E-state index in [-0.39, 0.29) is 0 Å². The first-order valence-corrected chi connectivity index (χ1v) is 8.28. The summed E-state index contributed by atoms with van der Waals surface area (Å²) in [5.74, 6) is 1.67. The Hall–Kier alpha value is -0.990. The molecule has 0 spiro atoms. The summed E-state index contributed by atoms with van der Waals surface area (Å²) in [6.45, 7) is 6.81. The molecule has 1 aliphatic carbocycles. The van der Waals surface area contributed by atoms with E-state index in [1.54, 1.807) is 0 Å². The van der Waals surface area contributed by atoms with Gasteiger partial charge in [0, 0.05) is 12.1 Å². The van der Waals surface area contributed by atoms with Crippen LogP contribution < -0.4 is 0 Å². The lowest BCUT2D eigenvalue weighted by molar-refractivity contribution is 0.402. The standard InChI is InChI=1S/C17H20Cl2N2/c1-10(2)12-8-7-11(3)13-9-21(20-16(12)13)17-14(18)5-4-6-15(17)19/h4-6,9-12H,7-8H2,1-3H3/t11-,12+/m1/s1. The molecule has 21 heavy (non-hydrogen) atoms. The Morgan fingerprint density at radius 2 is 1.86 bits per heavy atom. The lowest BCUT2D eigenvalue weighted by Crippen LogP contribution is -2.16. The molecule has 0 aliphatic heterocycles. The summed E-state index contributed by atoms with van der Waals surface area (Å²) < 4.78 is 1.87. The number of aromatic nitrogens is 2. The molecule has 0 N–H and O–H groups in total. The average molecular weight is 323 g/mol. The molecule has 0 fully saturated rings. The number of fused-ring (bicyclic) bond motifs is 1. The molecule has 112 valence electrons. The second-order valence-electron chi connectivity index (χ2n) is 6.31. The summed E-state index contributed by atoms with van der Waals surface area (Å²) in [6.07, 6.45) is 4.54. The normalized spacial score (nSPS) is 21.6. The summed E-state index contributed by atoms with van der Waals surface area (Å²) in [6, 6.07) is 5.57. The van der Waals surface area contributed by atoms with Gasteiger partial charge in [0.2, 0.25) is 0 Å². The first kappa shape index (κ1) is 14.9. The van der Waals surface area contributed by atoms with Crippen LogP contribution in [0, 0.1) is 5.92 Å². The maximum Gasteiger partial charge on any atom is 0.102 e. The first-order valence-electron chi connectivity index (χ1n) is 7.53. The highest BCUT2D eigenvalue weighted by Crippen LogP contribution is 2.42. The van der Waals surface area contributed by atoms with Gasteiger partial charge in [0.15, 0.2) is 0 Å². The van der Waals surface area contributed by atoms with E-state index in [0.29, 0.717) is 27.8 Å². The zero-order chi connectivity index (χ0) is 15.1. The third-order valence-corrected chi connectivity index (χ3v) is 5.15. The number of nitrogens with zero attached hydrogens (tertiary/aromatic N) is 2. The molecule has 0 unspecified atom stereocenters. The summed E-state index contributed by atoms with van der Waals surface area (Å²) >= 11 is 12.6. The lowest BCUT2D eigenvalue weighted by Gasteiger charge is -2.27. The molecule has 0 amide bonds. The Labute approximate surface area is 136 Å². The van der Waals surface area contributed by atoms with E-state index in [1.807, 2.05) is 22.9 Å². The molecule has 3 rings (SSSR count). The SMILES string of the molecule is CC(C)[C@@H]1CC[C@@H](C)c2cn(-c3c(Cl)cccc3Cl)nc21. The Kier molecular flexibility index (Phi) is 4.02. The minimum Gasteiger partial charge on any atom is -0.237 e. The van der Waals surface area contributed by atoms with Crippen molar-refractivity contribution in [1.29, 1.82) is 0 Å². The Bertz CT molecular complexity index is 641. The van der Waals surface area contributed by atoms with Gasteiger partial charge in [0.05, 0.1) is 15.7 Å². The van der Waals surface area contributed by atoms with Crippen molar-refractivity contribution in [3.05, 3.63) is 45.7 Å². The number of benzene rings is 1. The van der Waals surface area contributed by atoms with Crippen molar-refractivity contribution >= 4 is 23.2 Å². The van der Waals surface area contributed by atoms with Crippen LogP contribution in [0.4, 0.5) is 0 Å². The fraction of sp³-hybridized carbons (Fsp3) is 0.471. The monoisotopic (exact) mass is 322 g/mol. The number of hydrogen-bond donors (Lipinski definition) is 0. The van der Waals surface area contributed by atoms with Gasteiger partial charge in [0.25, 0.3) is 0 Å². The van der Waals surface area contributed by atoms with E-state index >= 15 is 0 Å². The number of hydrogen-bond acceptors (Lipinski definition) is 1. The summed E-state index contributed by atoms with van der Waals surface area (Å²) in [5, 5.41) is 6.11. The van der Waals surface area contributed by atoms with E-state index in [2.05, 4.69) is 27.0 Å². The van der Waals surface area contributed by atoms with Crippen molar-refractivity contribution in [2.75, 3.05) is 0 Å². The van der Waals surface area contributed by atoms with Gasteiger partial charge in [-0.1, -0.05) is 50.0 Å². The van der Waals surface area contributed by atoms with E-state index in [0.717, 1.165) is 5.69 Å². The van der Waals surface area contributed by atoms with Gasteiger partial charge in [-0.25, -0.2) is 4.68 Å². The highest BCUT2D eigenvalue weighted by Gasteiger charge is 2.30. The van der Waals surface area contributed by atoms with E-state index < -0.39 is 0 Å². The van der Waals surface area contributed by atoms with Crippen molar-refractivity contribution in [3.63, 3.8) is 0 Å². The predicted molar refractivity (Wildman–Crippen MR) is 88.8 cm³/mol. The van der Waals surface area contributed by atoms with Crippen LogP contribution in [0.2, 0.25) is 10.0 Å². The van der Waals surface area contributed by atoms with Crippen LogP contribution in [0.3, 0.4) is 0 Å². The third kappa shape index (κ3) is 2.60. The van der Waals surface area contributed by atoms with E-state index in [9.17, 15) is 0 Å². The fourth-order valence-electron chi connectivity index (χ4n) is 3.26. The van der Waals surface area contributed by atoms with Crippen molar-refractivity contribution in [3.8, 4) is 5.69 Å². The molecule has 2 atom stereocenters. The van der Waals surface area contributed by atoms with Crippen molar-refractivity contribution < 1.29 is 0 Å². The molecule has 1 aromatic heterocycles. The molecule has 1 aliphatic rings. The molecule has 2 nitrogen and oxygen atoms in total. The molecule has 0 saturated carbocycles. The van der Waals surface area contributed by atoms with Gasteiger partial charge >= 0.3 is 0 Å². The fourth-order valence-corrected chi connectivity index (χ4v) is 3.83. The molecule has 0 bridgehead atoms. The topological polar surface area (TPSA) is 17.8 Å². The maximum absolute atomic E-state index is 6.32. The molecule has 1 heterocycles. The quantitative estimate of drug-likeness (QED) is 0.681. The van der Waals surface area contributed by atoms with Gasteiger partial charge < -0.3 is 0 Å². The lowest BCUT2D eigenvalue weighted by atomic mass is 9.77. The smallest absolute Gasteiger partial charge is 0.102 e. The molecular formula is C17H20Cl2N2. The molecule has 0 saturated heterocycles.